The van der Waals surface area contributed by atoms with Crippen molar-refractivity contribution < 1.29 is 9.53 Å². The van der Waals surface area contributed by atoms with Crippen LogP contribution in [0.2, 0.25) is 0 Å². The Labute approximate surface area is 174 Å². The molecule has 0 rings (SSSR count). The predicted molar refractivity (Wildman–Crippen MR) is 123 cm³/mol. The van der Waals surface area contributed by atoms with Crippen molar-refractivity contribution >= 4 is 5.97 Å². The third-order valence-electron chi connectivity index (χ3n) is 4.52. The van der Waals surface area contributed by atoms with E-state index in [1.54, 1.807) is 0 Å². The molecule has 0 aromatic rings. The molecule has 0 spiro atoms. The van der Waals surface area contributed by atoms with Gasteiger partial charge in [0.25, 0.3) is 0 Å². The lowest BCUT2D eigenvalue weighted by Gasteiger charge is -2.03. The summed E-state index contributed by atoms with van der Waals surface area (Å²) in [6.45, 7) is 13.3. The Balaban J connectivity index is 4.03. The first-order valence-corrected chi connectivity index (χ1v) is 10.8. The average molecular weight is 387 g/mol. The maximum atomic E-state index is 11.5. The van der Waals surface area contributed by atoms with Crippen molar-refractivity contribution in [2.75, 3.05) is 6.61 Å². The van der Waals surface area contributed by atoms with Crippen LogP contribution in [0.4, 0.5) is 0 Å². The minimum Gasteiger partial charge on any atom is -0.458 e. The van der Waals surface area contributed by atoms with E-state index in [0.717, 1.165) is 51.4 Å². The molecule has 158 valence electrons. The number of carbonyl (C=O) groups excluding carboxylic acids is 1. The molecule has 28 heavy (non-hydrogen) atoms. The fourth-order valence-electron chi connectivity index (χ4n) is 2.65. The van der Waals surface area contributed by atoms with Crippen LogP contribution in [0.5, 0.6) is 0 Å². The Morgan fingerprint density at radius 2 is 1.21 bits per heavy atom. The molecule has 0 radical (unpaired) electrons. The van der Waals surface area contributed by atoms with Crippen LogP contribution in [-0.2, 0) is 9.53 Å². The Morgan fingerprint density at radius 3 is 1.71 bits per heavy atom. The maximum absolute atomic E-state index is 11.5. The summed E-state index contributed by atoms with van der Waals surface area (Å²) in [4.78, 5) is 11.5. The highest BCUT2D eigenvalue weighted by molar-refractivity contribution is 5.81. The van der Waals surface area contributed by atoms with Crippen LogP contribution < -0.4 is 0 Å². The summed E-state index contributed by atoms with van der Waals surface area (Å²) in [5.41, 5.74) is 5.61. The molecule has 0 aromatic heterocycles. The number of allylic oxidation sites excluding steroid dienone is 8. The molecule has 2 nitrogen and oxygen atoms in total. The van der Waals surface area contributed by atoms with Crippen molar-refractivity contribution in [3.05, 3.63) is 58.7 Å². The summed E-state index contributed by atoms with van der Waals surface area (Å²) in [6, 6.07) is 0. The van der Waals surface area contributed by atoms with Gasteiger partial charge in [0.2, 0.25) is 0 Å². The van der Waals surface area contributed by atoms with Crippen molar-refractivity contribution in [1.82, 2.24) is 0 Å². The third kappa shape index (κ3) is 17.6. The number of ether oxygens (including phenoxy) is 1. The summed E-state index contributed by atoms with van der Waals surface area (Å²) in [7, 11) is 0. The monoisotopic (exact) mass is 386 g/mol. The van der Waals surface area contributed by atoms with Gasteiger partial charge in [-0.2, -0.15) is 0 Å². The second-order valence-corrected chi connectivity index (χ2v) is 7.87. The lowest BCUT2D eigenvalue weighted by Crippen LogP contribution is -2.00. The summed E-state index contributed by atoms with van der Waals surface area (Å²) in [5, 5.41) is 0. The van der Waals surface area contributed by atoms with Gasteiger partial charge in [0.15, 0.2) is 0 Å². The second kappa shape index (κ2) is 17.3. The molecule has 0 saturated carbocycles. The second-order valence-electron chi connectivity index (χ2n) is 7.87. The average Bonchev–Trinajstić information content (AvgIpc) is 2.61. The SMILES string of the molecule is CCCC=CC(=O)OCC=C(C)CCC=C(C)CCC=C(C)CCC=C(C)C. The van der Waals surface area contributed by atoms with Gasteiger partial charge in [-0.15, -0.1) is 0 Å². The molecular weight excluding hydrogens is 344 g/mol. The highest BCUT2D eigenvalue weighted by Crippen LogP contribution is 2.13. The molecule has 0 aliphatic rings. The zero-order valence-electron chi connectivity index (χ0n) is 19.1. The molecule has 0 fully saturated rings. The first kappa shape index (κ1) is 26.2. The number of unbranched alkanes of at least 4 members (excludes halogenated alkanes) is 1. The molecule has 0 saturated heterocycles. The largest absolute Gasteiger partial charge is 0.458 e. The van der Waals surface area contributed by atoms with Gasteiger partial charge in [0.05, 0.1) is 0 Å². The third-order valence-corrected chi connectivity index (χ3v) is 4.52. The molecule has 2 heteroatoms. The fourth-order valence-corrected chi connectivity index (χ4v) is 2.65. The van der Waals surface area contributed by atoms with Crippen LogP contribution in [0.25, 0.3) is 0 Å². The summed E-state index contributed by atoms with van der Waals surface area (Å²) < 4.78 is 5.18. The van der Waals surface area contributed by atoms with Gasteiger partial charge in [-0.25, -0.2) is 4.79 Å². The topological polar surface area (TPSA) is 26.3 Å². The lowest BCUT2D eigenvalue weighted by atomic mass is 10.0. The van der Waals surface area contributed by atoms with Gasteiger partial charge in [0, 0.05) is 6.08 Å². The number of carbonyl (C=O) groups is 1. The van der Waals surface area contributed by atoms with Gasteiger partial charge in [-0.3, -0.25) is 0 Å². The van der Waals surface area contributed by atoms with E-state index in [9.17, 15) is 4.79 Å². The number of esters is 1. The Hall–Kier alpha value is -1.83. The normalized spacial score (nSPS) is 13.1. The van der Waals surface area contributed by atoms with Crippen LogP contribution in [0.1, 0.15) is 92.9 Å². The Kier molecular flexibility index (Phi) is 16.2. The van der Waals surface area contributed by atoms with Crippen LogP contribution in [0, 0.1) is 0 Å². The van der Waals surface area contributed by atoms with Crippen molar-refractivity contribution in [2.45, 2.75) is 92.9 Å². The maximum Gasteiger partial charge on any atom is 0.330 e. The summed E-state index contributed by atoms with van der Waals surface area (Å²) >= 11 is 0. The Morgan fingerprint density at radius 1 is 0.714 bits per heavy atom. The number of rotatable bonds is 14. The summed E-state index contributed by atoms with van der Waals surface area (Å²) in [6.07, 6.45) is 21.0. The molecule has 0 aliphatic carbocycles. The van der Waals surface area contributed by atoms with E-state index in [1.807, 2.05) is 12.2 Å². The molecule has 0 atom stereocenters. The van der Waals surface area contributed by atoms with Gasteiger partial charge in [-0.05, 0) is 85.6 Å². The molecule has 0 amide bonds. The zero-order chi connectivity index (χ0) is 21.2. The van der Waals surface area contributed by atoms with Crippen molar-refractivity contribution in [1.29, 1.82) is 0 Å². The van der Waals surface area contributed by atoms with Crippen molar-refractivity contribution in [2.24, 2.45) is 0 Å². The van der Waals surface area contributed by atoms with E-state index in [4.69, 9.17) is 4.74 Å². The van der Waals surface area contributed by atoms with E-state index >= 15 is 0 Å². The number of hydrogen-bond acceptors (Lipinski definition) is 2. The van der Waals surface area contributed by atoms with E-state index in [-0.39, 0.29) is 5.97 Å². The van der Waals surface area contributed by atoms with E-state index in [2.05, 4.69) is 59.8 Å². The van der Waals surface area contributed by atoms with Gasteiger partial charge >= 0.3 is 5.97 Å². The molecule has 0 heterocycles. The molecule has 0 N–H and O–H groups in total. The van der Waals surface area contributed by atoms with E-state index in [1.165, 1.54) is 28.4 Å². The molecule has 0 bridgehead atoms. The molecular formula is C26H42O2. The number of hydrogen-bond donors (Lipinski definition) is 0. The van der Waals surface area contributed by atoms with Crippen molar-refractivity contribution in [3.63, 3.8) is 0 Å². The molecule has 0 aliphatic heterocycles. The van der Waals surface area contributed by atoms with Crippen LogP contribution in [-0.4, -0.2) is 12.6 Å². The van der Waals surface area contributed by atoms with Gasteiger partial charge in [0.1, 0.15) is 6.61 Å². The van der Waals surface area contributed by atoms with Crippen LogP contribution >= 0.6 is 0 Å². The zero-order valence-corrected chi connectivity index (χ0v) is 19.1. The minimum absolute atomic E-state index is 0.252. The lowest BCUT2D eigenvalue weighted by molar-refractivity contribution is -0.136. The van der Waals surface area contributed by atoms with Gasteiger partial charge in [-0.1, -0.05) is 59.9 Å². The molecule has 0 unspecified atom stereocenters. The van der Waals surface area contributed by atoms with Crippen LogP contribution in [0.15, 0.2) is 58.7 Å². The Bertz CT molecular complexity index is 582. The first-order chi connectivity index (χ1) is 13.3. The molecule has 0 aromatic carbocycles. The standard InChI is InChI=1S/C26H42O2/c1-7-8-9-19-26(27)28-21-20-25(6)18-12-17-24(5)16-11-15-23(4)14-10-13-22(2)3/h9,13,15,17,19-20H,7-8,10-12,14,16,18,21H2,1-6H3. The first-order valence-electron chi connectivity index (χ1n) is 10.8. The van der Waals surface area contributed by atoms with Gasteiger partial charge < -0.3 is 4.74 Å². The predicted octanol–water partition coefficient (Wildman–Crippen LogP) is 8.03. The fraction of sp³-hybridized carbons (Fsp3) is 0.577. The van der Waals surface area contributed by atoms with E-state index in [0.29, 0.717) is 6.61 Å². The van der Waals surface area contributed by atoms with E-state index < -0.39 is 0 Å². The van der Waals surface area contributed by atoms with Crippen molar-refractivity contribution in [3.8, 4) is 0 Å². The highest BCUT2D eigenvalue weighted by Gasteiger charge is 1.96. The van der Waals surface area contributed by atoms with Crippen LogP contribution in [0.3, 0.4) is 0 Å². The summed E-state index contributed by atoms with van der Waals surface area (Å²) in [5.74, 6) is -0.252. The minimum atomic E-state index is -0.252. The quantitative estimate of drug-likeness (QED) is 0.171. The smallest absolute Gasteiger partial charge is 0.330 e. The highest BCUT2D eigenvalue weighted by atomic mass is 16.5.